The van der Waals surface area contributed by atoms with Crippen molar-refractivity contribution in [2.75, 3.05) is 13.2 Å². The predicted molar refractivity (Wildman–Crippen MR) is 86.0 cm³/mol. The minimum absolute atomic E-state index is 0.285. The summed E-state index contributed by atoms with van der Waals surface area (Å²) in [4.78, 5) is 0. The monoisotopic (exact) mass is 292 g/mol. The van der Waals surface area contributed by atoms with Crippen molar-refractivity contribution in [3.63, 3.8) is 0 Å². The van der Waals surface area contributed by atoms with Crippen LogP contribution in [0.4, 0.5) is 0 Å². The van der Waals surface area contributed by atoms with Crippen molar-refractivity contribution < 1.29 is 4.74 Å². The quantitative estimate of drug-likeness (QED) is 0.803. The highest BCUT2D eigenvalue weighted by Gasteiger charge is 2.42. The zero-order valence-electron chi connectivity index (χ0n) is 14.1. The first-order chi connectivity index (χ1) is 10.0. The largest absolute Gasteiger partial charge is 0.378 e. The molecule has 3 nitrogen and oxygen atoms in total. The van der Waals surface area contributed by atoms with Crippen molar-refractivity contribution in [3.05, 3.63) is 0 Å². The Morgan fingerprint density at radius 1 is 1.19 bits per heavy atom. The number of ether oxygens (including phenoxy) is 1. The molecule has 120 valence electrons. The molecule has 0 aromatic carbocycles. The number of nitriles is 1. The van der Waals surface area contributed by atoms with E-state index in [2.05, 4.69) is 32.2 Å². The fourth-order valence-electron chi connectivity index (χ4n) is 4.12. The number of hydrogen-bond donors (Lipinski definition) is 1. The van der Waals surface area contributed by atoms with Gasteiger partial charge in [-0.1, -0.05) is 27.2 Å². The Bertz CT molecular complexity index is 364. The fourth-order valence-corrected chi connectivity index (χ4v) is 4.12. The van der Waals surface area contributed by atoms with Crippen molar-refractivity contribution in [1.82, 2.24) is 5.32 Å². The van der Waals surface area contributed by atoms with Gasteiger partial charge in [-0.05, 0) is 62.8 Å². The van der Waals surface area contributed by atoms with Crippen LogP contribution in [-0.2, 0) is 4.74 Å². The van der Waals surface area contributed by atoms with Gasteiger partial charge < -0.3 is 4.74 Å². The van der Waals surface area contributed by atoms with Gasteiger partial charge in [-0.2, -0.15) is 5.26 Å². The van der Waals surface area contributed by atoms with E-state index >= 15 is 0 Å². The minimum Gasteiger partial charge on any atom is -0.378 e. The van der Waals surface area contributed by atoms with Crippen LogP contribution in [0.15, 0.2) is 0 Å². The van der Waals surface area contributed by atoms with Gasteiger partial charge in [-0.3, -0.25) is 5.32 Å². The summed E-state index contributed by atoms with van der Waals surface area (Å²) >= 11 is 0. The van der Waals surface area contributed by atoms with Gasteiger partial charge >= 0.3 is 0 Å². The zero-order valence-corrected chi connectivity index (χ0v) is 14.1. The highest BCUT2D eigenvalue weighted by molar-refractivity contribution is 5.13. The number of hydrogen-bond acceptors (Lipinski definition) is 3. The molecular weight excluding hydrogens is 260 g/mol. The van der Waals surface area contributed by atoms with Crippen LogP contribution in [0.25, 0.3) is 0 Å². The SMILES string of the molecule is CCNC1(C#N)CCCC1CCOC1CCC(C)(C)CC1. The molecule has 1 N–H and O–H groups in total. The molecule has 0 bridgehead atoms. The van der Waals surface area contributed by atoms with Crippen LogP contribution in [0.2, 0.25) is 0 Å². The third-order valence-electron chi connectivity index (χ3n) is 5.62. The maximum atomic E-state index is 9.57. The summed E-state index contributed by atoms with van der Waals surface area (Å²) in [6.07, 6.45) is 9.78. The zero-order chi connectivity index (χ0) is 15.3. The van der Waals surface area contributed by atoms with Crippen LogP contribution in [0, 0.1) is 22.7 Å². The maximum absolute atomic E-state index is 9.57. The molecule has 2 aliphatic carbocycles. The standard InChI is InChI=1S/C18H32N2O/c1-4-20-18(14-19)10-5-6-15(18)9-13-21-16-7-11-17(2,3)12-8-16/h15-16,20H,4-13H2,1-3H3. The lowest BCUT2D eigenvalue weighted by Crippen LogP contribution is -2.47. The molecule has 0 spiro atoms. The van der Waals surface area contributed by atoms with E-state index in [1.54, 1.807) is 0 Å². The van der Waals surface area contributed by atoms with Crippen molar-refractivity contribution >= 4 is 0 Å². The average molecular weight is 292 g/mol. The minimum atomic E-state index is -0.285. The average Bonchev–Trinajstić information content (AvgIpc) is 2.85. The molecule has 0 saturated heterocycles. The van der Waals surface area contributed by atoms with Crippen molar-refractivity contribution in [2.24, 2.45) is 11.3 Å². The molecule has 2 atom stereocenters. The van der Waals surface area contributed by atoms with Crippen LogP contribution < -0.4 is 5.32 Å². The van der Waals surface area contributed by atoms with Crippen molar-refractivity contribution in [3.8, 4) is 6.07 Å². The van der Waals surface area contributed by atoms with Crippen LogP contribution in [-0.4, -0.2) is 24.8 Å². The second-order valence-electron chi connectivity index (χ2n) is 7.73. The third kappa shape index (κ3) is 4.20. The molecule has 2 fully saturated rings. The molecule has 0 radical (unpaired) electrons. The first-order valence-corrected chi connectivity index (χ1v) is 8.79. The molecule has 0 aliphatic heterocycles. The van der Waals surface area contributed by atoms with Gasteiger partial charge in [0, 0.05) is 6.61 Å². The summed E-state index contributed by atoms with van der Waals surface area (Å²) in [6.45, 7) is 8.51. The smallest absolute Gasteiger partial charge is 0.109 e. The molecule has 2 unspecified atom stereocenters. The molecule has 0 aromatic rings. The Kier molecular flexibility index (Phi) is 5.68. The van der Waals surface area contributed by atoms with Gasteiger partial charge in [0.15, 0.2) is 0 Å². The van der Waals surface area contributed by atoms with E-state index in [1.165, 1.54) is 38.5 Å². The molecule has 21 heavy (non-hydrogen) atoms. The van der Waals surface area contributed by atoms with E-state index in [0.717, 1.165) is 26.0 Å². The summed E-state index contributed by atoms with van der Waals surface area (Å²) < 4.78 is 6.12. The predicted octanol–water partition coefficient (Wildman–Crippen LogP) is 4.03. The fraction of sp³-hybridized carbons (Fsp3) is 0.944. The molecule has 2 aliphatic rings. The summed E-state index contributed by atoms with van der Waals surface area (Å²) in [7, 11) is 0. The second-order valence-corrected chi connectivity index (χ2v) is 7.73. The number of rotatable bonds is 6. The molecule has 0 heterocycles. The van der Waals surface area contributed by atoms with Crippen LogP contribution in [0.1, 0.15) is 72.1 Å². The highest BCUT2D eigenvalue weighted by Crippen LogP contribution is 2.39. The van der Waals surface area contributed by atoms with Crippen molar-refractivity contribution in [2.45, 2.75) is 83.8 Å². The number of nitrogens with one attached hydrogen (secondary N) is 1. The molecule has 0 amide bonds. The van der Waals surface area contributed by atoms with Crippen LogP contribution in [0.5, 0.6) is 0 Å². The number of nitrogens with zero attached hydrogens (tertiary/aromatic N) is 1. The summed E-state index contributed by atoms with van der Waals surface area (Å²) in [5, 5.41) is 13.0. The van der Waals surface area contributed by atoms with Crippen LogP contribution >= 0.6 is 0 Å². The third-order valence-corrected chi connectivity index (χ3v) is 5.62. The second kappa shape index (κ2) is 7.11. The molecule has 2 saturated carbocycles. The van der Waals surface area contributed by atoms with E-state index in [9.17, 15) is 5.26 Å². The molecule has 0 aromatic heterocycles. The lowest BCUT2D eigenvalue weighted by Gasteiger charge is -2.35. The Balaban J connectivity index is 1.74. The molecule has 3 heteroatoms. The Morgan fingerprint density at radius 3 is 2.52 bits per heavy atom. The van der Waals surface area contributed by atoms with E-state index < -0.39 is 0 Å². The first-order valence-electron chi connectivity index (χ1n) is 8.79. The Morgan fingerprint density at radius 2 is 1.90 bits per heavy atom. The van der Waals surface area contributed by atoms with Gasteiger partial charge in [-0.25, -0.2) is 0 Å². The summed E-state index contributed by atoms with van der Waals surface area (Å²) in [6, 6.07) is 2.56. The molecule has 2 rings (SSSR count). The normalized spacial score (nSPS) is 33.0. The topological polar surface area (TPSA) is 45.0 Å². The lowest BCUT2D eigenvalue weighted by molar-refractivity contribution is -0.00322. The maximum Gasteiger partial charge on any atom is 0.109 e. The Hall–Kier alpha value is -0.590. The van der Waals surface area contributed by atoms with E-state index in [1.807, 2.05) is 0 Å². The van der Waals surface area contributed by atoms with Gasteiger partial charge in [0.1, 0.15) is 5.54 Å². The Labute approximate surface area is 130 Å². The first kappa shape index (κ1) is 16.8. The van der Waals surface area contributed by atoms with E-state index in [-0.39, 0.29) is 5.54 Å². The molecular formula is C18H32N2O. The van der Waals surface area contributed by atoms with Gasteiger partial charge in [-0.15, -0.1) is 0 Å². The van der Waals surface area contributed by atoms with Crippen LogP contribution in [0.3, 0.4) is 0 Å². The van der Waals surface area contributed by atoms with Gasteiger partial charge in [0.05, 0.1) is 12.2 Å². The van der Waals surface area contributed by atoms with Gasteiger partial charge in [0.25, 0.3) is 0 Å². The van der Waals surface area contributed by atoms with Crippen molar-refractivity contribution in [1.29, 1.82) is 5.26 Å². The van der Waals surface area contributed by atoms with E-state index in [4.69, 9.17) is 4.74 Å². The van der Waals surface area contributed by atoms with E-state index in [0.29, 0.717) is 17.4 Å². The van der Waals surface area contributed by atoms with Gasteiger partial charge in [0.2, 0.25) is 0 Å². The highest BCUT2D eigenvalue weighted by atomic mass is 16.5. The summed E-state index contributed by atoms with van der Waals surface area (Å²) in [5.74, 6) is 0.461. The summed E-state index contributed by atoms with van der Waals surface area (Å²) in [5.41, 5.74) is 0.221. The lowest BCUT2D eigenvalue weighted by atomic mass is 9.76.